The van der Waals surface area contributed by atoms with Crippen LogP contribution < -0.4 is 29.1 Å². The van der Waals surface area contributed by atoms with E-state index in [2.05, 4.69) is 15.5 Å². The second kappa shape index (κ2) is 14.0. The van der Waals surface area contributed by atoms with Gasteiger partial charge >= 0.3 is 5.97 Å². The minimum atomic E-state index is -0.680. The van der Waals surface area contributed by atoms with E-state index in [0.29, 0.717) is 59.9 Å². The molecule has 1 amide bonds. The number of hydrogen-bond donors (Lipinski definition) is 2. The molecule has 0 unspecified atom stereocenters. The highest BCUT2D eigenvalue weighted by molar-refractivity contribution is 6.39. The predicted molar refractivity (Wildman–Crippen MR) is 178 cm³/mol. The Bertz CT molecular complexity index is 1970. The molecule has 0 radical (unpaired) electrons. The van der Waals surface area contributed by atoms with Crippen LogP contribution in [0.2, 0.25) is 15.1 Å². The van der Waals surface area contributed by atoms with Gasteiger partial charge in [-0.3, -0.25) is 4.79 Å². The number of nitrogens with zero attached hydrogens (tertiary/aromatic N) is 1. The maximum atomic E-state index is 13.4. The summed E-state index contributed by atoms with van der Waals surface area (Å²) in [5.74, 6) is 0.116. The summed E-state index contributed by atoms with van der Waals surface area (Å²) in [6.45, 7) is 0. The number of hydrogen-bond acceptors (Lipinski definition) is 8. The summed E-state index contributed by atoms with van der Waals surface area (Å²) in [6, 6.07) is 18.1. The number of benzene rings is 4. The number of methoxy groups -OCH3 is 4. The number of halogens is 3. The lowest BCUT2D eigenvalue weighted by molar-refractivity contribution is 0.0728. The summed E-state index contributed by atoms with van der Waals surface area (Å²) < 4.78 is 27.0. The van der Waals surface area contributed by atoms with Crippen LogP contribution in [0, 0.1) is 0 Å². The van der Waals surface area contributed by atoms with Crippen molar-refractivity contribution in [2.24, 2.45) is 5.10 Å². The van der Waals surface area contributed by atoms with Crippen molar-refractivity contribution in [2.75, 3.05) is 28.4 Å². The Hall–Kier alpha value is -4.90. The number of aromatic amines is 1. The monoisotopic (exact) mass is 681 g/mol. The molecule has 0 aliphatic rings. The third-order valence-corrected chi connectivity index (χ3v) is 7.71. The van der Waals surface area contributed by atoms with Crippen LogP contribution in [0.4, 0.5) is 0 Å². The first kappa shape index (κ1) is 32.5. The standard InChI is InChI=1S/C33H26Cl3N3O7/c1-42-25-11-17(9-10-24(25)46-33(41)18-12-26(43-2)31(45-4)27(13-18)44-3)16-37-39-32(40)30-28(20-7-5-6-8-22(20)35)21-14-19(34)15-23(36)29(21)38-30/h5-16,38H,1-4H3,(H,39,40). The van der Waals surface area contributed by atoms with E-state index in [1.54, 1.807) is 42.5 Å². The molecule has 10 nitrogen and oxygen atoms in total. The molecule has 4 aromatic carbocycles. The van der Waals surface area contributed by atoms with Gasteiger partial charge in [-0.2, -0.15) is 5.10 Å². The zero-order chi connectivity index (χ0) is 33.0. The summed E-state index contributed by atoms with van der Waals surface area (Å²) in [7, 11) is 5.79. The van der Waals surface area contributed by atoms with E-state index in [-0.39, 0.29) is 22.8 Å². The van der Waals surface area contributed by atoms with Gasteiger partial charge in [-0.05, 0) is 54.1 Å². The van der Waals surface area contributed by atoms with E-state index in [4.69, 9.17) is 58.5 Å². The van der Waals surface area contributed by atoms with E-state index in [1.807, 2.05) is 6.07 Å². The highest BCUT2D eigenvalue weighted by Gasteiger charge is 2.23. The van der Waals surface area contributed by atoms with Gasteiger partial charge in [-0.1, -0.05) is 53.0 Å². The molecule has 0 saturated carbocycles. The average Bonchev–Trinajstić information content (AvgIpc) is 3.44. The molecule has 0 atom stereocenters. The van der Waals surface area contributed by atoms with Gasteiger partial charge in [-0.25, -0.2) is 10.2 Å². The fraction of sp³-hybridized carbons (Fsp3) is 0.121. The summed E-state index contributed by atoms with van der Waals surface area (Å²) in [4.78, 5) is 29.5. The molecule has 1 aromatic heterocycles. The number of amides is 1. The average molecular weight is 683 g/mol. The molecule has 0 spiro atoms. The van der Waals surface area contributed by atoms with Crippen molar-refractivity contribution in [2.45, 2.75) is 0 Å². The van der Waals surface area contributed by atoms with Crippen molar-refractivity contribution in [3.05, 3.63) is 98.6 Å². The van der Waals surface area contributed by atoms with E-state index in [1.165, 1.54) is 52.9 Å². The third kappa shape index (κ3) is 6.55. The number of nitrogens with one attached hydrogen (secondary N) is 2. The number of H-pyrrole nitrogens is 1. The molecule has 46 heavy (non-hydrogen) atoms. The maximum absolute atomic E-state index is 13.4. The second-order valence-electron chi connectivity index (χ2n) is 9.58. The molecule has 0 bridgehead atoms. The Morgan fingerprint density at radius 3 is 2.13 bits per heavy atom. The van der Waals surface area contributed by atoms with Crippen molar-refractivity contribution in [3.63, 3.8) is 0 Å². The number of ether oxygens (including phenoxy) is 5. The van der Waals surface area contributed by atoms with Crippen molar-refractivity contribution in [1.29, 1.82) is 0 Å². The first-order valence-electron chi connectivity index (χ1n) is 13.5. The smallest absolute Gasteiger partial charge is 0.343 e. The fourth-order valence-corrected chi connectivity index (χ4v) is 5.53. The first-order chi connectivity index (χ1) is 22.2. The lowest BCUT2D eigenvalue weighted by Crippen LogP contribution is -2.19. The largest absolute Gasteiger partial charge is 0.493 e. The van der Waals surface area contributed by atoms with Crippen LogP contribution in [-0.4, -0.2) is 51.5 Å². The van der Waals surface area contributed by atoms with Gasteiger partial charge in [0.2, 0.25) is 5.75 Å². The fourth-order valence-electron chi connectivity index (χ4n) is 4.76. The molecular formula is C33H26Cl3N3O7. The van der Waals surface area contributed by atoms with Gasteiger partial charge in [0, 0.05) is 26.6 Å². The topological polar surface area (TPSA) is 120 Å². The number of aromatic nitrogens is 1. The molecule has 1 heterocycles. The van der Waals surface area contributed by atoms with Crippen molar-refractivity contribution < 1.29 is 33.3 Å². The molecule has 5 rings (SSSR count). The normalized spacial score (nSPS) is 11.0. The number of carbonyl (C=O) groups is 2. The summed E-state index contributed by atoms with van der Waals surface area (Å²) >= 11 is 19.2. The SMILES string of the molecule is COc1cc(C=NNC(=O)c2[nH]c3c(Cl)cc(Cl)cc3c2-c2ccccc2Cl)ccc1OC(=O)c1cc(OC)c(OC)c(OC)c1. The van der Waals surface area contributed by atoms with Crippen LogP contribution >= 0.6 is 34.8 Å². The number of esters is 1. The number of hydrazone groups is 1. The molecule has 13 heteroatoms. The summed E-state index contributed by atoms with van der Waals surface area (Å²) in [6.07, 6.45) is 1.41. The Labute approximate surface area is 278 Å². The zero-order valence-corrected chi connectivity index (χ0v) is 27.1. The molecule has 236 valence electrons. The second-order valence-corrected chi connectivity index (χ2v) is 10.8. The Morgan fingerprint density at radius 1 is 0.783 bits per heavy atom. The van der Waals surface area contributed by atoms with Gasteiger partial charge in [0.05, 0.1) is 50.8 Å². The van der Waals surface area contributed by atoms with Gasteiger partial charge in [-0.15, -0.1) is 0 Å². The summed E-state index contributed by atoms with van der Waals surface area (Å²) in [5.41, 5.74) is 5.10. The quantitative estimate of drug-likeness (QED) is 0.0667. The van der Waals surface area contributed by atoms with E-state index < -0.39 is 11.9 Å². The molecular weight excluding hydrogens is 657 g/mol. The van der Waals surface area contributed by atoms with Gasteiger partial charge in [0.1, 0.15) is 5.69 Å². The number of fused-ring (bicyclic) bond motifs is 1. The van der Waals surface area contributed by atoms with Crippen LogP contribution in [0.1, 0.15) is 26.4 Å². The maximum Gasteiger partial charge on any atom is 0.343 e. The Morgan fingerprint density at radius 2 is 1.48 bits per heavy atom. The minimum absolute atomic E-state index is 0.153. The van der Waals surface area contributed by atoms with Crippen LogP contribution in [-0.2, 0) is 0 Å². The van der Waals surface area contributed by atoms with Gasteiger partial charge < -0.3 is 28.7 Å². The minimum Gasteiger partial charge on any atom is -0.493 e. The van der Waals surface area contributed by atoms with Crippen LogP contribution in [0.25, 0.3) is 22.0 Å². The van der Waals surface area contributed by atoms with Crippen LogP contribution in [0.3, 0.4) is 0 Å². The highest BCUT2D eigenvalue weighted by atomic mass is 35.5. The summed E-state index contributed by atoms with van der Waals surface area (Å²) in [5, 5.41) is 5.93. The molecule has 5 aromatic rings. The molecule has 0 aliphatic heterocycles. The van der Waals surface area contributed by atoms with Gasteiger partial charge in [0.15, 0.2) is 23.0 Å². The molecule has 0 saturated heterocycles. The number of rotatable bonds is 10. The molecule has 0 aliphatic carbocycles. The van der Waals surface area contributed by atoms with Crippen LogP contribution in [0.5, 0.6) is 28.7 Å². The highest BCUT2D eigenvalue weighted by Crippen LogP contribution is 2.41. The van der Waals surface area contributed by atoms with E-state index in [0.717, 1.165) is 0 Å². The van der Waals surface area contributed by atoms with Crippen molar-refractivity contribution in [1.82, 2.24) is 10.4 Å². The zero-order valence-electron chi connectivity index (χ0n) is 24.9. The molecule has 0 fully saturated rings. The predicted octanol–water partition coefficient (Wildman–Crippen LogP) is 7.81. The van der Waals surface area contributed by atoms with Gasteiger partial charge in [0.25, 0.3) is 5.91 Å². The Kier molecular flexibility index (Phi) is 9.91. The lowest BCUT2D eigenvalue weighted by atomic mass is 10.0. The van der Waals surface area contributed by atoms with E-state index >= 15 is 0 Å². The van der Waals surface area contributed by atoms with Crippen molar-refractivity contribution in [3.8, 4) is 39.9 Å². The molecule has 2 N–H and O–H groups in total. The van der Waals surface area contributed by atoms with Crippen molar-refractivity contribution >= 4 is 63.8 Å². The number of carbonyl (C=O) groups excluding carboxylic acids is 2. The van der Waals surface area contributed by atoms with Crippen LogP contribution in [0.15, 0.2) is 71.8 Å². The first-order valence-corrected chi connectivity index (χ1v) is 14.6. The Balaban J connectivity index is 1.37. The van der Waals surface area contributed by atoms with E-state index in [9.17, 15) is 9.59 Å². The lowest BCUT2D eigenvalue weighted by Gasteiger charge is -2.14. The third-order valence-electron chi connectivity index (χ3n) is 6.87.